The highest BCUT2D eigenvalue weighted by atomic mass is 15.0. The van der Waals surface area contributed by atoms with Crippen LogP contribution in [0.15, 0.2) is 31.1 Å². The summed E-state index contributed by atoms with van der Waals surface area (Å²) in [6, 6.07) is 4.17. The average molecular weight is 204 g/mol. The fraction of sp³-hybridized carbons (Fsp3) is 0.462. The van der Waals surface area contributed by atoms with E-state index >= 15 is 0 Å². The maximum atomic E-state index is 4.19. The molecule has 1 atom stereocenters. The largest absolute Gasteiger partial charge is 0.347 e. The summed E-state index contributed by atoms with van der Waals surface area (Å²) in [6.07, 6.45) is 7.12. The van der Waals surface area contributed by atoms with Gasteiger partial charge in [0.2, 0.25) is 0 Å². The van der Waals surface area contributed by atoms with Gasteiger partial charge in [-0.25, -0.2) is 4.98 Å². The summed E-state index contributed by atoms with van der Waals surface area (Å²) in [5.74, 6) is 1.68. The van der Waals surface area contributed by atoms with Gasteiger partial charge >= 0.3 is 0 Å². The Hall–Kier alpha value is -1.31. The number of nitrogens with zero attached hydrogens (tertiary/aromatic N) is 1. The van der Waals surface area contributed by atoms with Gasteiger partial charge in [-0.2, -0.15) is 0 Å². The van der Waals surface area contributed by atoms with Crippen LogP contribution in [-0.2, 0) is 6.42 Å². The highest BCUT2D eigenvalue weighted by molar-refractivity contribution is 5.39. The van der Waals surface area contributed by atoms with Crippen molar-refractivity contribution in [2.24, 2.45) is 5.92 Å². The molecule has 2 heteroatoms. The highest BCUT2D eigenvalue weighted by Gasteiger charge is 2.00. The maximum absolute atomic E-state index is 4.19. The number of aryl methyl sites for hydroxylation is 1. The average Bonchev–Trinajstić information content (AvgIpc) is 2.27. The number of nitrogens with one attached hydrogen (secondary N) is 1. The number of rotatable bonds is 6. The van der Waals surface area contributed by atoms with Crippen molar-refractivity contribution in [2.75, 3.05) is 5.32 Å². The van der Waals surface area contributed by atoms with Crippen LogP contribution >= 0.6 is 0 Å². The molecule has 0 saturated heterocycles. The standard InChI is InChI=1S/C13H20N2/c1-4-11(3)6-7-12-8-9-15-13(10-12)14-5-2/h5,8-11H,2,4,6-7H2,1,3H3,(H,14,15). The van der Waals surface area contributed by atoms with E-state index in [0.29, 0.717) is 0 Å². The van der Waals surface area contributed by atoms with E-state index in [1.807, 2.05) is 6.20 Å². The molecule has 1 unspecified atom stereocenters. The molecule has 2 nitrogen and oxygen atoms in total. The van der Waals surface area contributed by atoms with Gasteiger partial charge in [0.1, 0.15) is 5.82 Å². The van der Waals surface area contributed by atoms with Crippen LogP contribution in [0.3, 0.4) is 0 Å². The van der Waals surface area contributed by atoms with E-state index in [1.54, 1.807) is 6.20 Å². The summed E-state index contributed by atoms with van der Waals surface area (Å²) >= 11 is 0. The molecule has 0 saturated carbocycles. The first-order valence-corrected chi connectivity index (χ1v) is 5.58. The van der Waals surface area contributed by atoms with E-state index in [4.69, 9.17) is 0 Å². The maximum Gasteiger partial charge on any atom is 0.130 e. The van der Waals surface area contributed by atoms with Crippen LogP contribution < -0.4 is 5.32 Å². The predicted molar refractivity (Wildman–Crippen MR) is 65.8 cm³/mol. The van der Waals surface area contributed by atoms with E-state index in [0.717, 1.165) is 18.2 Å². The minimum atomic E-state index is 0.800. The monoisotopic (exact) mass is 204 g/mol. The summed E-state index contributed by atoms with van der Waals surface area (Å²) in [5.41, 5.74) is 1.34. The Morgan fingerprint density at radius 2 is 2.40 bits per heavy atom. The van der Waals surface area contributed by atoms with Crippen molar-refractivity contribution in [3.8, 4) is 0 Å². The minimum Gasteiger partial charge on any atom is -0.347 e. The second kappa shape index (κ2) is 6.23. The summed E-state index contributed by atoms with van der Waals surface area (Å²) in [4.78, 5) is 4.19. The number of aromatic nitrogens is 1. The van der Waals surface area contributed by atoms with Crippen LogP contribution in [0.2, 0.25) is 0 Å². The molecule has 1 rings (SSSR count). The molecular formula is C13H20N2. The molecule has 1 aromatic rings. The Labute approximate surface area is 92.4 Å². The number of pyridine rings is 1. The van der Waals surface area contributed by atoms with Crippen molar-refractivity contribution in [1.82, 2.24) is 4.98 Å². The normalized spacial score (nSPS) is 12.1. The van der Waals surface area contributed by atoms with Crippen molar-refractivity contribution in [3.05, 3.63) is 36.7 Å². The van der Waals surface area contributed by atoms with Gasteiger partial charge < -0.3 is 5.32 Å². The first-order chi connectivity index (χ1) is 7.26. The smallest absolute Gasteiger partial charge is 0.130 e. The molecule has 0 aliphatic carbocycles. The molecule has 82 valence electrons. The highest BCUT2D eigenvalue weighted by Crippen LogP contribution is 2.14. The molecule has 0 amide bonds. The van der Waals surface area contributed by atoms with E-state index in [-0.39, 0.29) is 0 Å². The third kappa shape index (κ3) is 4.15. The van der Waals surface area contributed by atoms with Gasteiger partial charge in [0.25, 0.3) is 0 Å². The van der Waals surface area contributed by atoms with Crippen LogP contribution in [0, 0.1) is 5.92 Å². The van der Waals surface area contributed by atoms with Gasteiger partial charge in [0.15, 0.2) is 0 Å². The van der Waals surface area contributed by atoms with Crippen LogP contribution in [-0.4, -0.2) is 4.98 Å². The summed E-state index contributed by atoms with van der Waals surface area (Å²) < 4.78 is 0. The molecule has 15 heavy (non-hydrogen) atoms. The van der Waals surface area contributed by atoms with E-state index in [9.17, 15) is 0 Å². The lowest BCUT2D eigenvalue weighted by atomic mass is 10.00. The fourth-order valence-corrected chi connectivity index (χ4v) is 1.43. The summed E-state index contributed by atoms with van der Waals surface area (Å²) in [6.45, 7) is 8.16. The lowest BCUT2D eigenvalue weighted by molar-refractivity contribution is 0.516. The van der Waals surface area contributed by atoms with Crippen LogP contribution in [0.5, 0.6) is 0 Å². The zero-order valence-electron chi connectivity index (χ0n) is 9.66. The quantitative estimate of drug-likeness (QED) is 0.765. The molecule has 0 aliphatic rings. The molecule has 1 aromatic heterocycles. The van der Waals surface area contributed by atoms with Gasteiger partial charge in [0.05, 0.1) is 0 Å². The molecule has 0 aromatic carbocycles. The van der Waals surface area contributed by atoms with E-state index in [1.165, 1.54) is 18.4 Å². The van der Waals surface area contributed by atoms with Gasteiger partial charge in [-0.3, -0.25) is 0 Å². The lowest BCUT2D eigenvalue weighted by Gasteiger charge is -2.08. The first-order valence-electron chi connectivity index (χ1n) is 5.58. The molecule has 0 fully saturated rings. The Morgan fingerprint density at radius 1 is 1.60 bits per heavy atom. The van der Waals surface area contributed by atoms with Crippen LogP contribution in [0.4, 0.5) is 5.82 Å². The molecule has 1 N–H and O–H groups in total. The molecule has 0 radical (unpaired) electrons. The molecular weight excluding hydrogens is 184 g/mol. The number of hydrogen-bond acceptors (Lipinski definition) is 2. The fourth-order valence-electron chi connectivity index (χ4n) is 1.43. The minimum absolute atomic E-state index is 0.800. The molecule has 1 heterocycles. The third-order valence-electron chi connectivity index (χ3n) is 2.70. The van der Waals surface area contributed by atoms with Crippen molar-refractivity contribution >= 4 is 5.82 Å². The van der Waals surface area contributed by atoms with Crippen molar-refractivity contribution < 1.29 is 0 Å². The topological polar surface area (TPSA) is 24.9 Å². The zero-order chi connectivity index (χ0) is 11.1. The second-order valence-electron chi connectivity index (χ2n) is 3.95. The zero-order valence-corrected chi connectivity index (χ0v) is 9.66. The third-order valence-corrected chi connectivity index (χ3v) is 2.70. The summed E-state index contributed by atoms with van der Waals surface area (Å²) in [7, 11) is 0. The predicted octanol–water partition coefficient (Wildman–Crippen LogP) is 3.62. The van der Waals surface area contributed by atoms with Gasteiger partial charge in [-0.15, -0.1) is 0 Å². The molecule has 0 aliphatic heterocycles. The van der Waals surface area contributed by atoms with Crippen LogP contribution in [0.1, 0.15) is 32.3 Å². The van der Waals surface area contributed by atoms with Gasteiger partial charge in [-0.1, -0.05) is 26.8 Å². The lowest BCUT2D eigenvalue weighted by Crippen LogP contribution is -1.97. The molecule has 0 bridgehead atoms. The van der Waals surface area contributed by atoms with Gasteiger partial charge in [-0.05, 0) is 42.7 Å². The molecule has 0 spiro atoms. The van der Waals surface area contributed by atoms with E-state index < -0.39 is 0 Å². The Bertz CT molecular complexity index is 307. The van der Waals surface area contributed by atoms with E-state index in [2.05, 4.69) is 42.9 Å². The second-order valence-corrected chi connectivity index (χ2v) is 3.95. The van der Waals surface area contributed by atoms with Gasteiger partial charge in [0, 0.05) is 6.20 Å². The Kier molecular flexibility index (Phi) is 4.88. The van der Waals surface area contributed by atoms with Crippen molar-refractivity contribution in [2.45, 2.75) is 33.1 Å². The number of hydrogen-bond donors (Lipinski definition) is 1. The first kappa shape index (κ1) is 11.8. The van der Waals surface area contributed by atoms with Crippen molar-refractivity contribution in [1.29, 1.82) is 0 Å². The summed E-state index contributed by atoms with van der Waals surface area (Å²) in [5, 5.41) is 3.00. The van der Waals surface area contributed by atoms with Crippen molar-refractivity contribution in [3.63, 3.8) is 0 Å². The van der Waals surface area contributed by atoms with Crippen LogP contribution in [0.25, 0.3) is 0 Å². The SMILES string of the molecule is C=CNc1cc(CCC(C)CC)ccn1. The Morgan fingerprint density at radius 3 is 3.07 bits per heavy atom. The number of anilines is 1. The Balaban J connectivity index is 2.53.